The van der Waals surface area contributed by atoms with E-state index in [1.807, 2.05) is 18.5 Å². The molecule has 3 fully saturated rings. The molecule has 2 aliphatic heterocycles. The van der Waals surface area contributed by atoms with Crippen molar-refractivity contribution < 1.29 is 4.79 Å². The smallest absolute Gasteiger partial charge is 0.222 e. The molecule has 1 amide bonds. The number of likely N-dealkylation sites (tertiary alicyclic amines) is 2. The van der Waals surface area contributed by atoms with Gasteiger partial charge in [0.05, 0.1) is 5.52 Å². The van der Waals surface area contributed by atoms with Gasteiger partial charge in [-0.1, -0.05) is 25.1 Å². The Morgan fingerprint density at radius 2 is 2.00 bits per heavy atom. The summed E-state index contributed by atoms with van der Waals surface area (Å²) in [5.41, 5.74) is 3.38. The first kappa shape index (κ1) is 19.7. The zero-order chi connectivity index (χ0) is 20.8. The van der Waals surface area contributed by atoms with Crippen molar-refractivity contribution in [3.8, 4) is 0 Å². The lowest BCUT2D eigenvalue weighted by atomic mass is 9.83. The third-order valence-corrected chi connectivity index (χ3v) is 7.52. The maximum absolute atomic E-state index is 13.2. The molecule has 0 bridgehead atoms. The Kier molecular flexibility index (Phi) is 5.10. The van der Waals surface area contributed by atoms with Gasteiger partial charge in [0.2, 0.25) is 5.91 Å². The summed E-state index contributed by atoms with van der Waals surface area (Å²) in [6.07, 6.45) is 5.59. The highest BCUT2D eigenvalue weighted by molar-refractivity contribution is 5.99. The van der Waals surface area contributed by atoms with Crippen LogP contribution in [0.25, 0.3) is 10.9 Å². The van der Waals surface area contributed by atoms with Crippen LogP contribution in [0.2, 0.25) is 0 Å². The summed E-state index contributed by atoms with van der Waals surface area (Å²) < 4.78 is 0. The van der Waals surface area contributed by atoms with Crippen LogP contribution >= 0.6 is 0 Å². The molecule has 5 nitrogen and oxygen atoms in total. The van der Waals surface area contributed by atoms with Gasteiger partial charge in [-0.15, -0.1) is 0 Å². The van der Waals surface area contributed by atoms with Gasteiger partial charge in [-0.3, -0.25) is 14.8 Å². The molecule has 30 heavy (non-hydrogen) atoms. The van der Waals surface area contributed by atoms with E-state index in [2.05, 4.69) is 51.9 Å². The van der Waals surface area contributed by atoms with E-state index in [9.17, 15) is 4.79 Å². The van der Waals surface area contributed by atoms with Crippen LogP contribution in [0.15, 0.2) is 35.5 Å². The second-order valence-corrected chi connectivity index (χ2v) is 9.78. The Bertz CT molecular complexity index is 974. The topological polar surface area (TPSA) is 48.8 Å². The van der Waals surface area contributed by atoms with Gasteiger partial charge in [-0.05, 0) is 48.8 Å². The Morgan fingerprint density at radius 3 is 2.77 bits per heavy atom. The molecule has 0 N–H and O–H groups in total. The predicted octanol–water partition coefficient (Wildman–Crippen LogP) is 3.43. The van der Waals surface area contributed by atoms with Crippen molar-refractivity contribution in [1.82, 2.24) is 14.8 Å². The van der Waals surface area contributed by atoms with Crippen molar-refractivity contribution in [3.05, 3.63) is 41.6 Å². The van der Waals surface area contributed by atoms with Gasteiger partial charge < -0.3 is 9.80 Å². The number of hydrogen-bond acceptors (Lipinski definition) is 4. The second-order valence-electron chi connectivity index (χ2n) is 9.78. The van der Waals surface area contributed by atoms with Gasteiger partial charge in [0.1, 0.15) is 0 Å². The number of piperidine rings is 2. The molecule has 2 aromatic rings. The molecule has 1 aliphatic carbocycles. The highest BCUT2D eigenvalue weighted by atomic mass is 16.2. The Labute approximate surface area is 179 Å². The highest BCUT2D eigenvalue weighted by Crippen LogP contribution is 2.53. The van der Waals surface area contributed by atoms with Gasteiger partial charge >= 0.3 is 0 Å². The average molecular weight is 405 g/mol. The molecule has 3 heterocycles. The molecule has 158 valence electrons. The summed E-state index contributed by atoms with van der Waals surface area (Å²) >= 11 is 0. The minimum Gasteiger partial charge on any atom is -0.342 e. The lowest BCUT2D eigenvalue weighted by Crippen LogP contribution is -2.43. The molecular formula is C25H32N4O. The molecule has 5 rings (SSSR count). The number of fused-ring (bicyclic) bond motifs is 2. The van der Waals surface area contributed by atoms with Crippen molar-refractivity contribution in [2.75, 3.05) is 40.3 Å². The van der Waals surface area contributed by atoms with E-state index in [1.165, 1.54) is 24.0 Å². The van der Waals surface area contributed by atoms with Crippen LogP contribution in [0, 0.1) is 23.7 Å². The summed E-state index contributed by atoms with van der Waals surface area (Å²) in [6, 6.07) is 8.53. The number of nitrogens with zero attached hydrogens (tertiary/aromatic N) is 4. The summed E-state index contributed by atoms with van der Waals surface area (Å²) in [4.78, 5) is 26.6. The maximum atomic E-state index is 13.2. The first-order chi connectivity index (χ1) is 14.5. The molecule has 5 atom stereocenters. The fraction of sp³-hybridized carbons (Fsp3) is 0.560. The minimum atomic E-state index is 0.363. The molecule has 0 spiro atoms. The molecule has 1 aromatic carbocycles. The van der Waals surface area contributed by atoms with E-state index in [0.29, 0.717) is 23.7 Å². The van der Waals surface area contributed by atoms with E-state index in [-0.39, 0.29) is 0 Å². The van der Waals surface area contributed by atoms with Crippen molar-refractivity contribution >= 4 is 23.0 Å². The largest absolute Gasteiger partial charge is 0.342 e. The molecular weight excluding hydrogens is 372 g/mol. The van der Waals surface area contributed by atoms with Crippen LogP contribution in [0.4, 0.5) is 0 Å². The van der Waals surface area contributed by atoms with E-state index in [0.717, 1.165) is 48.8 Å². The normalized spacial score (nSPS) is 31.4. The van der Waals surface area contributed by atoms with Crippen LogP contribution in [0.1, 0.15) is 36.8 Å². The standard InChI is InChI=1S/C25H32N4O/c1-16-9-18(19-7-6-17(11-26-2)25-20(19)5-4-8-27-25)13-29(12-16)24(30)10-21-22-14-28(3)15-23(21)22/h4-8,11,16,18,21-23H,9-10,12-15H2,1-3H3/b26-11-/t16-,18-,21-,22-,23+/m1/s1. The number of carbonyl (C=O) groups is 1. The van der Waals surface area contributed by atoms with Gasteiger partial charge in [0.15, 0.2) is 0 Å². The zero-order valence-corrected chi connectivity index (χ0v) is 18.3. The first-order valence-corrected chi connectivity index (χ1v) is 11.3. The van der Waals surface area contributed by atoms with Crippen molar-refractivity contribution in [2.45, 2.75) is 25.7 Å². The highest BCUT2D eigenvalue weighted by Gasteiger charge is 2.55. The number of pyridine rings is 1. The molecule has 0 unspecified atom stereocenters. The quantitative estimate of drug-likeness (QED) is 0.734. The number of benzene rings is 1. The Hall–Kier alpha value is -2.27. The van der Waals surface area contributed by atoms with Gasteiger partial charge in [0, 0.05) is 68.9 Å². The monoisotopic (exact) mass is 404 g/mol. The Balaban J connectivity index is 1.35. The Morgan fingerprint density at radius 1 is 1.20 bits per heavy atom. The molecule has 1 aromatic heterocycles. The SMILES string of the molecule is C/N=C\c1ccc([C@@H]2C[C@@H](C)CN(C(=O)C[C@@H]3[C@H]4CN(C)C[C@@H]34)C2)c2cccnc12. The lowest BCUT2D eigenvalue weighted by Gasteiger charge is -2.37. The van der Waals surface area contributed by atoms with Crippen LogP contribution < -0.4 is 0 Å². The van der Waals surface area contributed by atoms with Crippen molar-refractivity contribution in [3.63, 3.8) is 0 Å². The van der Waals surface area contributed by atoms with Crippen molar-refractivity contribution in [2.24, 2.45) is 28.7 Å². The van der Waals surface area contributed by atoms with Gasteiger partial charge in [-0.2, -0.15) is 0 Å². The third kappa shape index (κ3) is 3.53. The van der Waals surface area contributed by atoms with E-state index in [4.69, 9.17) is 0 Å². The van der Waals surface area contributed by atoms with Crippen LogP contribution in [0.3, 0.4) is 0 Å². The van der Waals surface area contributed by atoms with E-state index >= 15 is 0 Å². The third-order valence-electron chi connectivity index (χ3n) is 7.52. The number of aliphatic imine (C=N–C) groups is 1. The lowest BCUT2D eigenvalue weighted by molar-refractivity contribution is -0.133. The van der Waals surface area contributed by atoms with E-state index in [1.54, 1.807) is 7.05 Å². The summed E-state index contributed by atoms with van der Waals surface area (Å²) in [7, 11) is 3.99. The fourth-order valence-corrected chi connectivity index (χ4v) is 6.09. The number of hydrogen-bond donors (Lipinski definition) is 0. The molecule has 1 saturated carbocycles. The minimum absolute atomic E-state index is 0.363. The molecule has 5 heteroatoms. The fourth-order valence-electron chi connectivity index (χ4n) is 6.09. The predicted molar refractivity (Wildman–Crippen MR) is 121 cm³/mol. The number of carbonyl (C=O) groups excluding carboxylic acids is 1. The average Bonchev–Trinajstić information content (AvgIpc) is 3.18. The number of aromatic nitrogens is 1. The molecule has 3 aliphatic rings. The maximum Gasteiger partial charge on any atom is 0.222 e. The summed E-state index contributed by atoms with van der Waals surface area (Å²) in [6.45, 7) is 6.36. The molecule has 2 saturated heterocycles. The summed E-state index contributed by atoms with van der Waals surface area (Å²) in [5.74, 6) is 3.40. The van der Waals surface area contributed by atoms with Gasteiger partial charge in [-0.25, -0.2) is 0 Å². The second kappa shape index (κ2) is 7.77. The zero-order valence-electron chi connectivity index (χ0n) is 18.3. The molecule has 0 radical (unpaired) electrons. The van der Waals surface area contributed by atoms with Crippen molar-refractivity contribution in [1.29, 1.82) is 0 Å². The summed E-state index contributed by atoms with van der Waals surface area (Å²) in [5, 5.41) is 1.20. The van der Waals surface area contributed by atoms with Crippen LogP contribution in [-0.2, 0) is 4.79 Å². The van der Waals surface area contributed by atoms with Crippen LogP contribution in [-0.4, -0.2) is 67.2 Å². The van der Waals surface area contributed by atoms with Crippen LogP contribution in [0.5, 0.6) is 0 Å². The van der Waals surface area contributed by atoms with E-state index < -0.39 is 0 Å². The first-order valence-electron chi connectivity index (χ1n) is 11.3. The van der Waals surface area contributed by atoms with Gasteiger partial charge in [0.25, 0.3) is 0 Å². The number of amides is 1. The number of rotatable bonds is 4.